The summed E-state index contributed by atoms with van der Waals surface area (Å²) in [5, 5.41) is 3.49. The molecule has 92 valence electrons. The molecule has 0 saturated carbocycles. The lowest BCUT2D eigenvalue weighted by Gasteiger charge is -2.52. The minimum Gasteiger partial charge on any atom is -0.378 e. The van der Waals surface area contributed by atoms with Gasteiger partial charge in [0.1, 0.15) is 0 Å². The van der Waals surface area contributed by atoms with Gasteiger partial charge in [-0.15, -0.1) is 0 Å². The van der Waals surface area contributed by atoms with Crippen molar-refractivity contribution in [2.45, 2.75) is 30.8 Å². The van der Waals surface area contributed by atoms with Gasteiger partial charge >= 0.3 is 0 Å². The van der Waals surface area contributed by atoms with E-state index in [9.17, 15) is 0 Å². The Kier molecular flexibility index (Phi) is 3.16. The number of ether oxygens (including phenoxy) is 2. The molecule has 3 fully saturated rings. The molecule has 3 rings (SSSR count). The summed E-state index contributed by atoms with van der Waals surface area (Å²) in [4.78, 5) is 2.66. The first-order chi connectivity index (χ1) is 7.91. The van der Waals surface area contributed by atoms with Crippen molar-refractivity contribution < 1.29 is 9.47 Å². The third-order valence-electron chi connectivity index (χ3n) is 4.17. The van der Waals surface area contributed by atoms with Crippen molar-refractivity contribution in [3.63, 3.8) is 0 Å². The Morgan fingerprint density at radius 3 is 3.12 bits per heavy atom. The maximum atomic E-state index is 5.83. The highest BCUT2D eigenvalue weighted by Gasteiger charge is 2.45. The van der Waals surface area contributed by atoms with Crippen molar-refractivity contribution >= 4 is 0 Å². The summed E-state index contributed by atoms with van der Waals surface area (Å²) in [6, 6.07) is 0.631. The first-order valence-corrected chi connectivity index (χ1v) is 6.54. The quantitative estimate of drug-likeness (QED) is 0.641. The van der Waals surface area contributed by atoms with Crippen molar-refractivity contribution in [3.05, 3.63) is 0 Å². The molecule has 3 aliphatic rings. The van der Waals surface area contributed by atoms with E-state index in [0.717, 1.165) is 39.5 Å². The minimum atomic E-state index is 0.111. The standard InChI is InChI=1S/C12H22N2O2/c1-2-5-14-11(3-1)7-16-10-12(14)8-13-4-6-15-9-12/h11,13H,1-10H2. The fourth-order valence-corrected chi connectivity index (χ4v) is 3.32. The number of hydrogen-bond donors (Lipinski definition) is 1. The Labute approximate surface area is 97.3 Å². The molecule has 2 unspecified atom stereocenters. The fraction of sp³-hybridized carbons (Fsp3) is 1.00. The maximum Gasteiger partial charge on any atom is 0.0807 e. The maximum absolute atomic E-state index is 5.83. The Bertz CT molecular complexity index is 237. The van der Waals surface area contributed by atoms with Gasteiger partial charge in [-0.3, -0.25) is 4.90 Å². The van der Waals surface area contributed by atoms with Gasteiger partial charge in [0.25, 0.3) is 0 Å². The average molecular weight is 226 g/mol. The fourth-order valence-electron chi connectivity index (χ4n) is 3.32. The van der Waals surface area contributed by atoms with E-state index in [1.807, 2.05) is 0 Å². The average Bonchev–Trinajstić information content (AvgIpc) is 2.57. The number of nitrogens with zero attached hydrogens (tertiary/aromatic N) is 1. The van der Waals surface area contributed by atoms with Crippen molar-refractivity contribution in [3.8, 4) is 0 Å². The van der Waals surface area contributed by atoms with Crippen LogP contribution in [0.25, 0.3) is 0 Å². The summed E-state index contributed by atoms with van der Waals surface area (Å²) >= 11 is 0. The zero-order chi connectivity index (χ0) is 10.8. The first-order valence-electron chi connectivity index (χ1n) is 6.54. The summed E-state index contributed by atoms with van der Waals surface area (Å²) < 4.78 is 11.6. The molecule has 0 amide bonds. The van der Waals surface area contributed by atoms with Crippen LogP contribution in [0.15, 0.2) is 0 Å². The lowest BCUT2D eigenvalue weighted by molar-refractivity contribution is -0.136. The molecule has 1 spiro atoms. The van der Waals surface area contributed by atoms with Crippen LogP contribution in [0.5, 0.6) is 0 Å². The van der Waals surface area contributed by atoms with Crippen LogP contribution in [-0.2, 0) is 9.47 Å². The molecule has 16 heavy (non-hydrogen) atoms. The normalized spacial score (nSPS) is 41.6. The third kappa shape index (κ3) is 1.88. The number of morpholine rings is 1. The molecule has 0 radical (unpaired) electrons. The van der Waals surface area contributed by atoms with Gasteiger partial charge in [0, 0.05) is 19.1 Å². The predicted molar refractivity (Wildman–Crippen MR) is 61.6 cm³/mol. The topological polar surface area (TPSA) is 33.7 Å². The molecule has 0 aromatic rings. The van der Waals surface area contributed by atoms with E-state index in [-0.39, 0.29) is 5.54 Å². The van der Waals surface area contributed by atoms with Crippen LogP contribution in [0.1, 0.15) is 19.3 Å². The largest absolute Gasteiger partial charge is 0.378 e. The predicted octanol–water partition coefficient (Wildman–Crippen LogP) is 0.230. The summed E-state index contributed by atoms with van der Waals surface area (Å²) in [5.74, 6) is 0. The number of nitrogens with one attached hydrogen (secondary N) is 1. The van der Waals surface area contributed by atoms with E-state index in [0.29, 0.717) is 6.04 Å². The molecule has 3 heterocycles. The van der Waals surface area contributed by atoms with E-state index < -0.39 is 0 Å². The number of fused-ring (bicyclic) bond motifs is 2. The van der Waals surface area contributed by atoms with Gasteiger partial charge in [0.15, 0.2) is 0 Å². The monoisotopic (exact) mass is 226 g/mol. The Hall–Kier alpha value is -0.160. The Morgan fingerprint density at radius 2 is 2.12 bits per heavy atom. The van der Waals surface area contributed by atoms with Crippen molar-refractivity contribution in [2.24, 2.45) is 0 Å². The van der Waals surface area contributed by atoms with Gasteiger partial charge in [-0.25, -0.2) is 0 Å². The van der Waals surface area contributed by atoms with Gasteiger partial charge in [0.05, 0.1) is 32.0 Å². The summed E-state index contributed by atoms with van der Waals surface area (Å²) in [6.07, 6.45) is 3.98. The van der Waals surface area contributed by atoms with E-state index in [4.69, 9.17) is 9.47 Å². The smallest absolute Gasteiger partial charge is 0.0807 e. The van der Waals surface area contributed by atoms with Gasteiger partial charge < -0.3 is 14.8 Å². The van der Waals surface area contributed by atoms with Crippen LogP contribution in [0.3, 0.4) is 0 Å². The molecule has 0 aromatic carbocycles. The second-order valence-corrected chi connectivity index (χ2v) is 5.31. The lowest BCUT2D eigenvalue weighted by Crippen LogP contribution is -2.67. The van der Waals surface area contributed by atoms with Crippen LogP contribution in [0.2, 0.25) is 0 Å². The Morgan fingerprint density at radius 1 is 1.19 bits per heavy atom. The molecule has 0 bridgehead atoms. The van der Waals surface area contributed by atoms with E-state index in [1.165, 1.54) is 25.8 Å². The van der Waals surface area contributed by atoms with Crippen molar-refractivity contribution in [1.29, 1.82) is 0 Å². The van der Waals surface area contributed by atoms with E-state index >= 15 is 0 Å². The summed E-state index contributed by atoms with van der Waals surface area (Å²) in [6.45, 7) is 6.62. The van der Waals surface area contributed by atoms with Crippen LogP contribution in [0.4, 0.5) is 0 Å². The molecule has 4 nitrogen and oxygen atoms in total. The molecular formula is C12H22N2O2. The Balaban J connectivity index is 1.79. The number of piperidine rings is 1. The lowest BCUT2D eigenvalue weighted by atomic mass is 9.89. The van der Waals surface area contributed by atoms with Gasteiger partial charge in [-0.1, -0.05) is 6.42 Å². The molecular weight excluding hydrogens is 204 g/mol. The molecule has 2 atom stereocenters. The van der Waals surface area contributed by atoms with Gasteiger partial charge in [0.2, 0.25) is 0 Å². The first kappa shape index (κ1) is 11.0. The molecule has 3 saturated heterocycles. The van der Waals surface area contributed by atoms with Crippen LogP contribution >= 0.6 is 0 Å². The second kappa shape index (κ2) is 4.61. The van der Waals surface area contributed by atoms with Gasteiger partial charge in [-0.2, -0.15) is 0 Å². The minimum absolute atomic E-state index is 0.111. The third-order valence-corrected chi connectivity index (χ3v) is 4.17. The summed E-state index contributed by atoms with van der Waals surface area (Å²) in [5.41, 5.74) is 0.111. The van der Waals surface area contributed by atoms with Crippen LogP contribution in [-0.4, -0.2) is 62.5 Å². The van der Waals surface area contributed by atoms with Crippen molar-refractivity contribution in [1.82, 2.24) is 10.2 Å². The molecule has 3 aliphatic heterocycles. The van der Waals surface area contributed by atoms with Crippen LogP contribution < -0.4 is 5.32 Å². The zero-order valence-corrected chi connectivity index (χ0v) is 9.91. The highest BCUT2D eigenvalue weighted by molar-refractivity contribution is 5.00. The zero-order valence-electron chi connectivity index (χ0n) is 9.91. The second-order valence-electron chi connectivity index (χ2n) is 5.31. The van der Waals surface area contributed by atoms with E-state index in [1.54, 1.807) is 0 Å². The molecule has 0 aliphatic carbocycles. The SMILES string of the molecule is C1CCN2C(C1)COCC21CNCCOC1. The van der Waals surface area contributed by atoms with Crippen molar-refractivity contribution in [2.75, 3.05) is 46.1 Å². The van der Waals surface area contributed by atoms with E-state index in [2.05, 4.69) is 10.2 Å². The molecule has 4 heteroatoms. The molecule has 1 N–H and O–H groups in total. The summed E-state index contributed by atoms with van der Waals surface area (Å²) in [7, 11) is 0. The number of rotatable bonds is 0. The molecule has 0 aromatic heterocycles. The highest BCUT2D eigenvalue weighted by Crippen LogP contribution is 2.31. The van der Waals surface area contributed by atoms with Gasteiger partial charge in [-0.05, 0) is 19.4 Å². The number of hydrogen-bond acceptors (Lipinski definition) is 4. The van der Waals surface area contributed by atoms with Crippen LogP contribution in [0, 0.1) is 0 Å². The highest BCUT2D eigenvalue weighted by atomic mass is 16.5.